The Bertz CT molecular complexity index is 1060. The number of pyridine rings is 3. The third-order valence-corrected chi connectivity index (χ3v) is 4.79. The molecule has 1 N–H and O–H groups in total. The quantitative estimate of drug-likeness (QED) is 0.697. The summed E-state index contributed by atoms with van der Waals surface area (Å²) < 4.78 is 0. The van der Waals surface area contributed by atoms with Crippen LogP contribution in [0.15, 0.2) is 36.8 Å². The lowest BCUT2D eigenvalue weighted by Crippen LogP contribution is -2.14. The third kappa shape index (κ3) is 3.56. The highest BCUT2D eigenvalue weighted by molar-refractivity contribution is 5.96. The molecule has 1 aliphatic carbocycles. The first kappa shape index (κ1) is 17.3. The molecule has 4 rings (SSSR count). The second-order valence-electron chi connectivity index (χ2n) is 6.91. The van der Waals surface area contributed by atoms with Crippen LogP contribution in [0.5, 0.6) is 0 Å². The average Bonchev–Trinajstić information content (AvgIpc) is 3.52. The van der Waals surface area contributed by atoms with Gasteiger partial charge in [0.25, 0.3) is 0 Å². The van der Waals surface area contributed by atoms with E-state index < -0.39 is 0 Å². The number of aryl methyl sites for hydroxylation is 1. The Hall–Kier alpha value is -3.15. The average molecular weight is 360 g/mol. The zero-order valence-electron chi connectivity index (χ0n) is 15.3. The fourth-order valence-electron chi connectivity index (χ4n) is 3.00. The largest absolute Gasteiger partial charge is 0.310 e. The van der Waals surface area contributed by atoms with Gasteiger partial charge in [-0.15, -0.1) is 0 Å². The van der Waals surface area contributed by atoms with Gasteiger partial charge in [-0.25, -0.2) is 4.98 Å². The number of hydrogen-bond acceptors (Lipinski definition) is 5. The minimum Gasteiger partial charge on any atom is -0.310 e. The van der Waals surface area contributed by atoms with E-state index in [0.717, 1.165) is 40.4 Å². The van der Waals surface area contributed by atoms with Crippen molar-refractivity contribution in [2.45, 2.75) is 33.1 Å². The van der Waals surface area contributed by atoms with E-state index in [-0.39, 0.29) is 17.6 Å². The van der Waals surface area contributed by atoms with Crippen molar-refractivity contribution in [3.05, 3.63) is 48.0 Å². The molecular formula is C21H20N4O2. The number of ketones is 1. The molecule has 0 radical (unpaired) electrons. The molecule has 0 aliphatic heterocycles. The Morgan fingerprint density at radius 1 is 1.07 bits per heavy atom. The first-order valence-electron chi connectivity index (χ1n) is 9.12. The van der Waals surface area contributed by atoms with E-state index >= 15 is 0 Å². The van der Waals surface area contributed by atoms with Crippen LogP contribution in [0, 0.1) is 12.8 Å². The number of aromatic nitrogens is 3. The van der Waals surface area contributed by atoms with Gasteiger partial charge in [0.15, 0.2) is 5.78 Å². The number of carbonyl (C=O) groups excluding carboxylic acids is 2. The van der Waals surface area contributed by atoms with Crippen molar-refractivity contribution in [1.29, 1.82) is 0 Å². The molecule has 0 spiro atoms. The van der Waals surface area contributed by atoms with Gasteiger partial charge in [0.2, 0.25) is 5.91 Å². The van der Waals surface area contributed by atoms with E-state index in [0.29, 0.717) is 17.9 Å². The molecule has 0 atom stereocenters. The van der Waals surface area contributed by atoms with Gasteiger partial charge >= 0.3 is 0 Å². The highest BCUT2D eigenvalue weighted by Crippen LogP contribution is 2.30. The van der Waals surface area contributed by atoms with E-state index in [4.69, 9.17) is 0 Å². The summed E-state index contributed by atoms with van der Waals surface area (Å²) >= 11 is 0. The molecule has 0 aromatic carbocycles. The van der Waals surface area contributed by atoms with Crippen LogP contribution < -0.4 is 5.32 Å². The monoisotopic (exact) mass is 360 g/mol. The summed E-state index contributed by atoms with van der Waals surface area (Å²) in [6.07, 6.45) is 7.56. The predicted molar refractivity (Wildman–Crippen MR) is 103 cm³/mol. The zero-order chi connectivity index (χ0) is 19.0. The normalized spacial score (nSPS) is 13.6. The second kappa shape index (κ2) is 6.87. The number of nitrogens with one attached hydrogen (secondary N) is 1. The maximum Gasteiger partial charge on any atom is 0.228 e. The molecule has 1 amide bonds. The Morgan fingerprint density at radius 2 is 1.89 bits per heavy atom. The molecule has 0 bridgehead atoms. The molecule has 27 heavy (non-hydrogen) atoms. The Morgan fingerprint density at radius 3 is 2.59 bits per heavy atom. The highest BCUT2D eigenvalue weighted by atomic mass is 16.2. The minimum atomic E-state index is 0.0295. The van der Waals surface area contributed by atoms with Crippen LogP contribution in [0.25, 0.3) is 22.0 Å². The van der Waals surface area contributed by atoms with Gasteiger partial charge in [-0.1, -0.05) is 6.92 Å². The van der Waals surface area contributed by atoms with Crippen molar-refractivity contribution < 1.29 is 9.59 Å². The standard InChI is InChI=1S/C21H20N4O2/c1-3-19(26)18-6-12(2)16(11-23-18)14-7-15-10-24-20(8-17(15)22-9-14)25-21(27)13-4-5-13/h6-11,13H,3-5H2,1-2H3,(H,24,25,27). The van der Waals surface area contributed by atoms with E-state index in [2.05, 4.69) is 20.3 Å². The highest BCUT2D eigenvalue weighted by Gasteiger charge is 2.29. The summed E-state index contributed by atoms with van der Waals surface area (Å²) in [6.45, 7) is 3.79. The smallest absolute Gasteiger partial charge is 0.228 e. The van der Waals surface area contributed by atoms with Crippen LogP contribution in [-0.4, -0.2) is 26.6 Å². The SMILES string of the molecule is CCC(=O)c1cc(C)c(-c2cnc3cc(NC(=O)C4CC4)ncc3c2)cn1. The first-order valence-corrected chi connectivity index (χ1v) is 9.12. The van der Waals surface area contributed by atoms with Gasteiger partial charge in [0, 0.05) is 53.5 Å². The number of anilines is 1. The molecule has 3 heterocycles. The summed E-state index contributed by atoms with van der Waals surface area (Å²) in [5.41, 5.74) is 4.08. The van der Waals surface area contributed by atoms with Crippen molar-refractivity contribution in [2.75, 3.05) is 5.32 Å². The van der Waals surface area contributed by atoms with Crippen LogP contribution in [0.1, 0.15) is 42.2 Å². The summed E-state index contributed by atoms with van der Waals surface area (Å²) in [4.78, 5) is 36.9. The van der Waals surface area contributed by atoms with Gasteiger partial charge in [0.05, 0.1) is 5.52 Å². The first-order chi connectivity index (χ1) is 13.0. The van der Waals surface area contributed by atoms with Crippen LogP contribution >= 0.6 is 0 Å². The maximum absolute atomic E-state index is 11.9. The van der Waals surface area contributed by atoms with Gasteiger partial charge in [-0.05, 0) is 37.5 Å². The number of Topliss-reactive ketones (excluding diaryl/α,β-unsaturated/α-hetero) is 1. The molecule has 1 fully saturated rings. The third-order valence-electron chi connectivity index (χ3n) is 4.79. The predicted octanol–water partition coefficient (Wildman–Crippen LogP) is 3.94. The molecule has 3 aromatic rings. The van der Waals surface area contributed by atoms with E-state index in [1.54, 1.807) is 24.7 Å². The van der Waals surface area contributed by atoms with Crippen molar-refractivity contribution in [3.63, 3.8) is 0 Å². The van der Waals surface area contributed by atoms with E-state index in [1.165, 1.54) is 0 Å². The Balaban J connectivity index is 1.63. The van der Waals surface area contributed by atoms with Crippen molar-refractivity contribution >= 4 is 28.4 Å². The van der Waals surface area contributed by atoms with Gasteiger partial charge < -0.3 is 5.32 Å². The summed E-state index contributed by atoms with van der Waals surface area (Å²) in [7, 11) is 0. The molecule has 6 nitrogen and oxygen atoms in total. The second-order valence-corrected chi connectivity index (χ2v) is 6.91. The number of fused-ring (bicyclic) bond motifs is 1. The molecular weight excluding hydrogens is 340 g/mol. The minimum absolute atomic E-state index is 0.0295. The summed E-state index contributed by atoms with van der Waals surface area (Å²) in [5.74, 6) is 0.726. The maximum atomic E-state index is 11.9. The number of hydrogen-bond donors (Lipinski definition) is 1. The molecule has 0 saturated heterocycles. The molecule has 136 valence electrons. The Kier molecular flexibility index (Phi) is 4.39. The van der Waals surface area contributed by atoms with Crippen LogP contribution in [0.4, 0.5) is 5.82 Å². The zero-order valence-corrected chi connectivity index (χ0v) is 15.3. The van der Waals surface area contributed by atoms with E-state index in [9.17, 15) is 9.59 Å². The lowest BCUT2D eigenvalue weighted by atomic mass is 10.0. The topological polar surface area (TPSA) is 84.8 Å². The van der Waals surface area contributed by atoms with Crippen molar-refractivity contribution in [3.8, 4) is 11.1 Å². The molecule has 1 aliphatic rings. The number of amides is 1. The fraction of sp³-hybridized carbons (Fsp3) is 0.286. The lowest BCUT2D eigenvalue weighted by molar-refractivity contribution is -0.117. The van der Waals surface area contributed by atoms with Gasteiger partial charge in [0.1, 0.15) is 11.5 Å². The van der Waals surface area contributed by atoms with Crippen LogP contribution in [0.3, 0.4) is 0 Å². The van der Waals surface area contributed by atoms with Crippen LogP contribution in [-0.2, 0) is 4.79 Å². The van der Waals surface area contributed by atoms with Gasteiger partial charge in [-0.2, -0.15) is 0 Å². The fourth-order valence-corrected chi connectivity index (χ4v) is 3.00. The van der Waals surface area contributed by atoms with Crippen molar-refractivity contribution in [2.24, 2.45) is 5.92 Å². The van der Waals surface area contributed by atoms with Crippen LogP contribution in [0.2, 0.25) is 0 Å². The molecule has 1 saturated carbocycles. The number of rotatable bonds is 5. The summed E-state index contributed by atoms with van der Waals surface area (Å²) in [6, 6.07) is 5.60. The number of nitrogens with zero attached hydrogens (tertiary/aromatic N) is 3. The molecule has 6 heteroatoms. The molecule has 3 aromatic heterocycles. The lowest BCUT2D eigenvalue weighted by Gasteiger charge is -2.09. The van der Waals surface area contributed by atoms with Crippen molar-refractivity contribution in [1.82, 2.24) is 15.0 Å². The molecule has 0 unspecified atom stereocenters. The Labute approximate surface area is 157 Å². The van der Waals surface area contributed by atoms with E-state index in [1.807, 2.05) is 26.0 Å². The summed E-state index contributed by atoms with van der Waals surface area (Å²) in [5, 5.41) is 3.72. The number of carbonyl (C=O) groups is 2. The van der Waals surface area contributed by atoms with Gasteiger partial charge in [-0.3, -0.25) is 19.6 Å².